The smallest absolute Gasteiger partial charge is 0.344 e. The maximum absolute atomic E-state index is 12.8. The summed E-state index contributed by atoms with van der Waals surface area (Å²) in [4.78, 5) is 42.9. The fraction of sp³-hybridized carbons (Fsp3) is 0.227. The number of hydrogen-bond acceptors (Lipinski definition) is 5. The minimum Gasteiger partial charge on any atom is -0.452 e. The predicted octanol–water partition coefficient (Wildman–Crippen LogP) is 3.17. The zero-order valence-electron chi connectivity index (χ0n) is 16.1. The fourth-order valence-electron chi connectivity index (χ4n) is 2.84. The van der Waals surface area contributed by atoms with Gasteiger partial charge in [-0.3, -0.25) is 9.59 Å². The maximum atomic E-state index is 12.8. The third-order valence-corrected chi connectivity index (χ3v) is 5.36. The lowest BCUT2D eigenvalue weighted by atomic mass is 10.1. The Morgan fingerprint density at radius 1 is 1.07 bits per heavy atom. The van der Waals surface area contributed by atoms with Gasteiger partial charge in [-0.25, -0.2) is 4.79 Å². The summed E-state index contributed by atoms with van der Waals surface area (Å²) in [6, 6.07) is 16.8. The van der Waals surface area contributed by atoms with Crippen molar-refractivity contribution in [2.45, 2.75) is 19.9 Å². The number of aryl methyl sites for hydroxylation is 1. The molecule has 0 saturated carbocycles. The molecule has 7 heteroatoms. The van der Waals surface area contributed by atoms with Crippen LogP contribution in [0.4, 0.5) is 0 Å². The van der Waals surface area contributed by atoms with Gasteiger partial charge in [0.1, 0.15) is 5.56 Å². The predicted molar refractivity (Wildman–Crippen MR) is 112 cm³/mol. The first kappa shape index (κ1) is 20.5. The van der Waals surface area contributed by atoms with Gasteiger partial charge in [0, 0.05) is 22.5 Å². The number of thiophene rings is 1. The van der Waals surface area contributed by atoms with Gasteiger partial charge < -0.3 is 14.6 Å². The number of nitrogens with zero attached hydrogens (tertiary/aromatic N) is 1. The van der Waals surface area contributed by atoms with Crippen LogP contribution in [-0.2, 0) is 22.5 Å². The van der Waals surface area contributed by atoms with Crippen LogP contribution in [-0.4, -0.2) is 34.9 Å². The average molecular weight is 410 g/mol. The lowest BCUT2D eigenvalue weighted by Crippen LogP contribution is -2.36. The quantitative estimate of drug-likeness (QED) is 0.579. The molecule has 0 spiro atoms. The number of ether oxygens (including phenoxy) is 1. The second-order valence-electron chi connectivity index (χ2n) is 6.55. The van der Waals surface area contributed by atoms with E-state index in [-0.39, 0.29) is 11.5 Å². The number of carbonyl (C=O) groups is 2. The minimum atomic E-state index is -0.810. The average Bonchev–Trinajstić information content (AvgIpc) is 3.15. The summed E-state index contributed by atoms with van der Waals surface area (Å²) in [6.45, 7) is 2.56. The minimum absolute atomic E-state index is 0.120. The van der Waals surface area contributed by atoms with Crippen LogP contribution in [0.1, 0.15) is 25.7 Å². The Bertz CT molecular complexity index is 1030. The van der Waals surface area contributed by atoms with E-state index in [4.69, 9.17) is 4.74 Å². The summed E-state index contributed by atoms with van der Waals surface area (Å²) < 4.78 is 5.10. The van der Waals surface area contributed by atoms with Crippen LogP contribution in [0.15, 0.2) is 65.6 Å². The summed E-state index contributed by atoms with van der Waals surface area (Å²) in [5, 5.41) is 0. The summed E-state index contributed by atoms with van der Waals surface area (Å²) in [5.74, 6) is -1.11. The van der Waals surface area contributed by atoms with Crippen molar-refractivity contribution in [2.75, 3.05) is 13.2 Å². The van der Waals surface area contributed by atoms with Gasteiger partial charge in [0.25, 0.3) is 11.5 Å². The lowest BCUT2D eigenvalue weighted by molar-refractivity contribution is -0.135. The van der Waals surface area contributed by atoms with Crippen molar-refractivity contribution >= 4 is 23.2 Å². The Labute approximate surface area is 172 Å². The summed E-state index contributed by atoms with van der Waals surface area (Å²) in [5.41, 5.74) is 0.463. The van der Waals surface area contributed by atoms with E-state index in [1.807, 2.05) is 49.4 Å². The molecular formula is C22H22N2O4S. The van der Waals surface area contributed by atoms with Gasteiger partial charge >= 0.3 is 5.97 Å². The number of amides is 1. The number of carbonyl (C=O) groups excluding carboxylic acids is 2. The molecular weight excluding hydrogens is 388 g/mol. The van der Waals surface area contributed by atoms with E-state index in [0.717, 1.165) is 10.4 Å². The molecule has 0 unspecified atom stereocenters. The molecule has 0 radical (unpaired) electrons. The first-order valence-corrected chi connectivity index (χ1v) is 10.1. The Morgan fingerprint density at radius 3 is 2.55 bits per heavy atom. The Morgan fingerprint density at radius 2 is 1.86 bits per heavy atom. The van der Waals surface area contributed by atoms with E-state index in [2.05, 4.69) is 4.98 Å². The summed E-state index contributed by atoms with van der Waals surface area (Å²) >= 11 is 1.63. The zero-order valence-corrected chi connectivity index (χ0v) is 16.9. The Balaban J connectivity index is 1.65. The number of esters is 1. The van der Waals surface area contributed by atoms with E-state index < -0.39 is 18.1 Å². The van der Waals surface area contributed by atoms with Crippen LogP contribution >= 0.6 is 11.3 Å². The van der Waals surface area contributed by atoms with Crippen LogP contribution in [0.3, 0.4) is 0 Å². The molecule has 0 aliphatic heterocycles. The fourth-order valence-corrected chi connectivity index (χ4v) is 3.74. The Kier molecular flexibility index (Phi) is 6.97. The van der Waals surface area contributed by atoms with Crippen molar-refractivity contribution in [3.63, 3.8) is 0 Å². The van der Waals surface area contributed by atoms with Crippen molar-refractivity contribution < 1.29 is 14.3 Å². The van der Waals surface area contributed by atoms with E-state index in [0.29, 0.717) is 19.5 Å². The SMILES string of the molecule is Cc1ccc(CN(CCc2ccccc2)C(=O)COC(=O)c2ccc[nH]c2=O)s1. The molecule has 29 heavy (non-hydrogen) atoms. The van der Waals surface area contributed by atoms with Crippen LogP contribution in [0, 0.1) is 6.92 Å². The molecule has 1 amide bonds. The number of H-pyrrole nitrogens is 1. The zero-order chi connectivity index (χ0) is 20.6. The van der Waals surface area contributed by atoms with Gasteiger partial charge in [-0.2, -0.15) is 0 Å². The number of aromatic amines is 1. The standard InChI is InChI=1S/C22H22N2O4S/c1-16-9-10-18(29-16)14-24(13-11-17-6-3-2-4-7-17)20(25)15-28-22(27)19-8-5-12-23-21(19)26/h2-10,12H,11,13-15H2,1H3,(H,23,26). The van der Waals surface area contributed by atoms with Gasteiger partial charge in [0.05, 0.1) is 6.54 Å². The number of pyridine rings is 1. The molecule has 3 aromatic rings. The molecule has 6 nitrogen and oxygen atoms in total. The number of benzene rings is 1. The van der Waals surface area contributed by atoms with Crippen molar-refractivity contribution in [1.29, 1.82) is 0 Å². The monoisotopic (exact) mass is 410 g/mol. The molecule has 2 aromatic heterocycles. The molecule has 2 heterocycles. The van der Waals surface area contributed by atoms with E-state index in [1.54, 1.807) is 16.2 Å². The number of aromatic nitrogens is 1. The topological polar surface area (TPSA) is 79.5 Å². The maximum Gasteiger partial charge on any atom is 0.344 e. The largest absolute Gasteiger partial charge is 0.452 e. The molecule has 0 bridgehead atoms. The first-order valence-electron chi connectivity index (χ1n) is 9.25. The van der Waals surface area contributed by atoms with E-state index in [1.165, 1.54) is 23.2 Å². The molecule has 1 N–H and O–H groups in total. The van der Waals surface area contributed by atoms with Crippen molar-refractivity contribution in [3.8, 4) is 0 Å². The summed E-state index contributed by atoms with van der Waals surface area (Å²) in [6.07, 6.45) is 2.13. The van der Waals surface area contributed by atoms with Crippen LogP contribution in [0.25, 0.3) is 0 Å². The van der Waals surface area contributed by atoms with Crippen molar-refractivity contribution in [1.82, 2.24) is 9.88 Å². The molecule has 0 saturated heterocycles. The Hall–Kier alpha value is -3.19. The van der Waals surface area contributed by atoms with Crippen LogP contribution < -0.4 is 5.56 Å². The van der Waals surface area contributed by atoms with Gasteiger partial charge in [-0.05, 0) is 43.2 Å². The molecule has 0 aliphatic rings. The van der Waals surface area contributed by atoms with Crippen molar-refractivity contribution in [3.05, 3.63) is 92.0 Å². The van der Waals surface area contributed by atoms with Gasteiger partial charge in [-0.1, -0.05) is 30.3 Å². The van der Waals surface area contributed by atoms with E-state index in [9.17, 15) is 14.4 Å². The second-order valence-corrected chi connectivity index (χ2v) is 7.92. The third-order valence-electron chi connectivity index (χ3n) is 4.37. The van der Waals surface area contributed by atoms with Gasteiger partial charge in [0.2, 0.25) is 0 Å². The normalized spacial score (nSPS) is 10.5. The molecule has 0 fully saturated rings. The van der Waals surface area contributed by atoms with Gasteiger partial charge in [0.15, 0.2) is 6.61 Å². The molecule has 0 aliphatic carbocycles. The van der Waals surface area contributed by atoms with Crippen LogP contribution in [0.2, 0.25) is 0 Å². The first-order chi connectivity index (χ1) is 14.0. The highest BCUT2D eigenvalue weighted by atomic mass is 32.1. The molecule has 150 valence electrons. The lowest BCUT2D eigenvalue weighted by Gasteiger charge is -2.22. The van der Waals surface area contributed by atoms with Gasteiger partial charge in [-0.15, -0.1) is 11.3 Å². The van der Waals surface area contributed by atoms with Crippen LogP contribution in [0.5, 0.6) is 0 Å². The highest BCUT2D eigenvalue weighted by Gasteiger charge is 2.19. The highest BCUT2D eigenvalue weighted by Crippen LogP contribution is 2.18. The molecule has 0 atom stereocenters. The highest BCUT2D eigenvalue weighted by molar-refractivity contribution is 7.11. The van der Waals surface area contributed by atoms with Crippen molar-refractivity contribution in [2.24, 2.45) is 0 Å². The van der Waals surface area contributed by atoms with E-state index >= 15 is 0 Å². The molecule has 1 aromatic carbocycles. The number of rotatable bonds is 8. The number of hydrogen-bond donors (Lipinski definition) is 1. The third kappa shape index (κ3) is 5.89. The second kappa shape index (κ2) is 9.84. The number of nitrogens with one attached hydrogen (secondary N) is 1. The molecule has 3 rings (SSSR count). The summed E-state index contributed by atoms with van der Waals surface area (Å²) in [7, 11) is 0.